The normalized spacial score (nSPS) is 25.5. The maximum absolute atomic E-state index is 16.8. The minimum absolute atomic E-state index is 0.00489. The lowest BCUT2D eigenvalue weighted by molar-refractivity contribution is -0.137. The molecule has 4 aliphatic rings. The Kier molecular flexibility index (Phi) is 9.54. The Hall–Kier alpha value is -5.25. The Morgan fingerprint density at radius 1 is 1.15 bits per heavy atom. The molecule has 4 aliphatic heterocycles. The second-order valence-electron chi connectivity index (χ2n) is 15.4. The van der Waals surface area contributed by atoms with Gasteiger partial charge in [-0.25, -0.2) is 23.0 Å². The van der Waals surface area contributed by atoms with E-state index in [0.29, 0.717) is 45.1 Å². The third-order valence-electron chi connectivity index (χ3n) is 11.4. The molecule has 2 amide bonds. The van der Waals surface area contributed by atoms with E-state index in [-0.39, 0.29) is 60.0 Å². The van der Waals surface area contributed by atoms with E-state index in [1.54, 1.807) is 11.0 Å². The van der Waals surface area contributed by atoms with Gasteiger partial charge in [0.05, 0.1) is 22.2 Å². The molecule has 2 unspecified atom stereocenters. The number of hydrogen-bond donors (Lipinski definition) is 2. The second kappa shape index (κ2) is 13.8. The predicted molar refractivity (Wildman–Crippen MR) is 191 cm³/mol. The van der Waals surface area contributed by atoms with E-state index < -0.39 is 69.2 Å². The van der Waals surface area contributed by atoms with E-state index in [1.807, 2.05) is 23.6 Å². The summed E-state index contributed by atoms with van der Waals surface area (Å²) < 4.78 is 95.2. The van der Waals surface area contributed by atoms with Gasteiger partial charge in [0.15, 0.2) is 5.82 Å². The Balaban J connectivity index is 1.28. The van der Waals surface area contributed by atoms with Crippen molar-refractivity contribution in [2.75, 3.05) is 50.0 Å². The largest absolute Gasteiger partial charge is 0.461 e. The van der Waals surface area contributed by atoms with Gasteiger partial charge in [0.1, 0.15) is 48.0 Å². The van der Waals surface area contributed by atoms with Gasteiger partial charge in [-0.1, -0.05) is 0 Å². The maximum Gasteiger partial charge on any atom is 0.417 e. The number of ether oxygens (including phenoxy) is 1. The van der Waals surface area contributed by atoms with Crippen molar-refractivity contribution in [3.05, 3.63) is 35.0 Å². The summed E-state index contributed by atoms with van der Waals surface area (Å²) in [6, 6.07) is 1.52. The molecule has 13 nitrogen and oxygen atoms in total. The van der Waals surface area contributed by atoms with E-state index in [4.69, 9.17) is 26.5 Å². The number of fused-ring (bicyclic) bond motifs is 3. The number of nitrogens with zero attached hydrogens (tertiary/aromatic N) is 9. The number of halogens is 6. The number of amidine groups is 1. The summed E-state index contributed by atoms with van der Waals surface area (Å²) in [5.41, 5.74) is 5.14. The average molecular weight is 772 g/mol. The summed E-state index contributed by atoms with van der Waals surface area (Å²) in [6.07, 6.45) is -1.72. The predicted octanol–water partition coefficient (Wildman–Crippen LogP) is 5.40. The summed E-state index contributed by atoms with van der Waals surface area (Å²) in [5.74, 6) is -2.71. The fraction of sp³-hybridized carbons (Fsp3) is 0.528. The molecule has 1 aromatic carbocycles. The number of hydrogen-bond acceptors (Lipinski definition) is 9. The van der Waals surface area contributed by atoms with Gasteiger partial charge in [-0.05, 0) is 70.0 Å². The summed E-state index contributed by atoms with van der Waals surface area (Å²) in [4.78, 5) is 39.3. The van der Waals surface area contributed by atoms with Crippen LogP contribution in [0.3, 0.4) is 0 Å². The van der Waals surface area contributed by atoms with E-state index >= 15 is 4.39 Å². The number of rotatable bonds is 6. The number of carbonyl (C=O) groups excluding carboxylic acids is 1. The van der Waals surface area contributed by atoms with Crippen LogP contribution in [0.15, 0.2) is 22.2 Å². The van der Waals surface area contributed by atoms with Crippen LogP contribution < -0.4 is 21.1 Å². The number of aromatic nitrogens is 3. The molecule has 7 rings (SSSR count). The van der Waals surface area contributed by atoms with Crippen LogP contribution in [0.4, 0.5) is 42.6 Å². The Bertz CT molecular complexity index is 2160. The van der Waals surface area contributed by atoms with Gasteiger partial charge in [0, 0.05) is 49.9 Å². The number of benzene rings is 1. The van der Waals surface area contributed by atoms with Gasteiger partial charge in [-0.3, -0.25) is 9.88 Å². The van der Waals surface area contributed by atoms with Crippen LogP contribution >= 0.6 is 0 Å². The zero-order valence-electron chi connectivity index (χ0n) is 30.3. The van der Waals surface area contributed by atoms with Crippen LogP contribution in [-0.4, -0.2) is 99.5 Å². The molecule has 4 N–H and O–H groups in total. The van der Waals surface area contributed by atoms with Gasteiger partial charge in [-0.2, -0.15) is 33.4 Å². The molecule has 3 aromatic rings. The number of aliphatic imine (C=N–C) groups is 2. The van der Waals surface area contributed by atoms with Crippen LogP contribution in [0.5, 0.6) is 6.01 Å². The fourth-order valence-electron chi connectivity index (χ4n) is 8.89. The monoisotopic (exact) mass is 771 g/mol. The minimum Gasteiger partial charge on any atom is -0.461 e. The number of piperidine rings is 1. The van der Waals surface area contributed by atoms with Crippen LogP contribution in [0.2, 0.25) is 0 Å². The van der Waals surface area contributed by atoms with E-state index in [0.717, 1.165) is 19.7 Å². The first kappa shape index (κ1) is 38.0. The number of likely N-dealkylation sites (tertiary alicyclic amines) is 1. The van der Waals surface area contributed by atoms with Gasteiger partial charge in [0.2, 0.25) is 5.84 Å². The molecule has 6 heterocycles. The Morgan fingerprint density at radius 2 is 1.89 bits per heavy atom. The third kappa shape index (κ3) is 6.85. The molecule has 0 aliphatic carbocycles. The molecule has 4 saturated heterocycles. The van der Waals surface area contributed by atoms with E-state index in [9.17, 15) is 26.7 Å². The highest BCUT2D eigenvalue weighted by Crippen LogP contribution is 2.46. The van der Waals surface area contributed by atoms with Crippen molar-refractivity contribution in [2.24, 2.45) is 27.6 Å². The highest BCUT2D eigenvalue weighted by Gasteiger charge is 2.50. The molecular formula is C36H39F6N11O2. The SMILES string of the molecule is Cc1c(F)c(N)cc(-c2ncc3c(N4CC5CN(C(=O)/N=C/N=C(N)C#N)C(C)(C)CC5C4)nc(OC[C@@]45CCCN4C[C@H](F)C5)nc3c2F)c1C(F)(F)F. The van der Waals surface area contributed by atoms with Crippen LogP contribution in [0.1, 0.15) is 50.7 Å². The number of alkyl halides is 4. The molecule has 19 heteroatoms. The van der Waals surface area contributed by atoms with Crippen molar-refractivity contribution < 1.29 is 35.9 Å². The van der Waals surface area contributed by atoms with E-state index in [2.05, 4.69) is 20.0 Å². The number of amides is 2. The molecule has 0 spiro atoms. The molecule has 292 valence electrons. The number of carbonyl (C=O) groups is 1. The highest BCUT2D eigenvalue weighted by atomic mass is 19.4. The number of anilines is 2. The zero-order chi connectivity index (χ0) is 39.6. The lowest BCUT2D eigenvalue weighted by Crippen LogP contribution is -2.55. The van der Waals surface area contributed by atoms with Crippen molar-refractivity contribution >= 4 is 40.6 Å². The second-order valence-corrected chi connectivity index (χ2v) is 15.4. The lowest BCUT2D eigenvalue weighted by Gasteiger charge is -2.46. The molecule has 2 aromatic heterocycles. The quantitative estimate of drug-likeness (QED) is 0.143. The molecule has 4 fully saturated rings. The first-order valence-corrected chi connectivity index (χ1v) is 17.8. The third-order valence-corrected chi connectivity index (χ3v) is 11.4. The average Bonchev–Trinajstić information content (AvgIpc) is 3.79. The number of nitrogens with two attached hydrogens (primary N) is 2. The van der Waals surface area contributed by atoms with Crippen LogP contribution in [-0.2, 0) is 6.18 Å². The fourth-order valence-corrected chi connectivity index (χ4v) is 8.89. The van der Waals surface area contributed by atoms with Crippen molar-refractivity contribution in [1.82, 2.24) is 24.8 Å². The number of nitriles is 1. The Labute approximate surface area is 312 Å². The summed E-state index contributed by atoms with van der Waals surface area (Å²) in [6.45, 7) is 6.72. The minimum atomic E-state index is -5.08. The summed E-state index contributed by atoms with van der Waals surface area (Å²) in [7, 11) is 0. The zero-order valence-corrected chi connectivity index (χ0v) is 30.3. The maximum atomic E-state index is 16.8. The molecular weight excluding hydrogens is 732 g/mol. The van der Waals surface area contributed by atoms with Gasteiger partial charge < -0.3 is 26.0 Å². The van der Waals surface area contributed by atoms with Crippen molar-refractivity contribution in [1.29, 1.82) is 5.26 Å². The first-order valence-electron chi connectivity index (χ1n) is 17.8. The number of urea groups is 1. The van der Waals surface area contributed by atoms with Crippen LogP contribution in [0.25, 0.3) is 22.2 Å². The lowest BCUT2D eigenvalue weighted by atomic mass is 9.78. The van der Waals surface area contributed by atoms with Crippen molar-refractivity contribution in [3.63, 3.8) is 0 Å². The topological polar surface area (TPSA) is 175 Å². The standard InChI is InChI=1S/C36H39F6N11O2/c1-18-26(36(40,41)42)22(7-24(44)27(18)38)29-28(39)30-23(11-46-29)31(50-32(49-30)55-16-35-5-4-6-52(35)15-21(37)9-35)51-12-19-8-34(2,3)53(14-20(19)13-51)33(54)48-17-47-25(45)10-43/h7,11,17,19-21H,4-6,8-9,12-16,44H2,1-3H3,(H2,45,47,48,54)/t19?,20?,21-,35+/m1/s1. The van der Waals surface area contributed by atoms with Crippen LogP contribution in [0, 0.1) is 41.7 Å². The number of pyridine rings is 1. The summed E-state index contributed by atoms with van der Waals surface area (Å²) >= 11 is 0. The number of nitrogen functional groups attached to an aromatic ring is 1. The highest BCUT2D eigenvalue weighted by molar-refractivity contribution is 6.00. The Morgan fingerprint density at radius 3 is 2.62 bits per heavy atom. The smallest absolute Gasteiger partial charge is 0.417 e. The first-order chi connectivity index (χ1) is 25.9. The molecule has 4 atom stereocenters. The van der Waals surface area contributed by atoms with Gasteiger partial charge in [0.25, 0.3) is 0 Å². The van der Waals surface area contributed by atoms with E-state index in [1.165, 1.54) is 6.20 Å². The van der Waals surface area contributed by atoms with Crippen molar-refractivity contribution in [2.45, 2.75) is 69.9 Å². The molecule has 55 heavy (non-hydrogen) atoms. The molecule has 0 bridgehead atoms. The van der Waals surface area contributed by atoms with Gasteiger partial charge in [-0.15, -0.1) is 0 Å². The van der Waals surface area contributed by atoms with Gasteiger partial charge >= 0.3 is 18.2 Å². The molecule has 0 saturated carbocycles. The summed E-state index contributed by atoms with van der Waals surface area (Å²) in [5, 5.41) is 8.91. The van der Waals surface area contributed by atoms with Crippen molar-refractivity contribution in [3.8, 4) is 23.3 Å². The molecule has 0 radical (unpaired) electrons.